The van der Waals surface area contributed by atoms with Crippen LogP contribution in [0.5, 0.6) is 0 Å². The van der Waals surface area contributed by atoms with E-state index in [9.17, 15) is 8.42 Å². The Kier molecular flexibility index (Phi) is 3.90. The van der Waals surface area contributed by atoms with Crippen molar-refractivity contribution < 1.29 is 8.42 Å². The van der Waals surface area contributed by atoms with Gasteiger partial charge in [0.2, 0.25) is 0 Å². The summed E-state index contributed by atoms with van der Waals surface area (Å²) in [5, 5.41) is -0.0393. The zero-order valence-corrected chi connectivity index (χ0v) is 12.9. The number of fused-ring (bicyclic) bond motifs is 2. The third kappa shape index (κ3) is 2.77. The normalized spacial score (nSPS) is 29.5. The zero-order chi connectivity index (χ0) is 15.0. The van der Waals surface area contributed by atoms with Gasteiger partial charge in [-0.2, -0.15) is 0 Å². The molecular weight excluding hydrogens is 288 g/mol. The SMILES string of the molecule is CC(NS(=O)(=O)c1ncccc1NN)C1CC2CCC1C2. The van der Waals surface area contributed by atoms with Crippen molar-refractivity contribution in [2.24, 2.45) is 23.6 Å². The third-order valence-corrected chi connectivity index (χ3v) is 6.47. The highest BCUT2D eigenvalue weighted by Crippen LogP contribution is 2.49. The molecule has 4 atom stereocenters. The highest BCUT2D eigenvalue weighted by molar-refractivity contribution is 7.89. The van der Waals surface area contributed by atoms with Crippen LogP contribution in [0.25, 0.3) is 0 Å². The first-order valence-corrected chi connectivity index (χ1v) is 8.93. The molecule has 0 spiro atoms. The maximum Gasteiger partial charge on any atom is 0.260 e. The number of pyridine rings is 1. The van der Waals surface area contributed by atoms with Crippen LogP contribution in [0.15, 0.2) is 23.4 Å². The van der Waals surface area contributed by atoms with Crippen LogP contribution in [0.1, 0.15) is 32.6 Å². The molecule has 2 aliphatic carbocycles. The Hall–Kier alpha value is -1.18. The molecule has 21 heavy (non-hydrogen) atoms. The second-order valence-electron chi connectivity index (χ2n) is 6.25. The van der Waals surface area contributed by atoms with Gasteiger partial charge in [-0.05, 0) is 56.1 Å². The Morgan fingerprint density at radius 3 is 2.81 bits per heavy atom. The molecule has 4 N–H and O–H groups in total. The molecule has 6 nitrogen and oxygen atoms in total. The van der Waals surface area contributed by atoms with Crippen molar-refractivity contribution in [1.29, 1.82) is 0 Å². The molecule has 1 heterocycles. The van der Waals surface area contributed by atoms with Crippen LogP contribution >= 0.6 is 0 Å². The largest absolute Gasteiger partial charge is 0.321 e. The van der Waals surface area contributed by atoms with Crippen LogP contribution < -0.4 is 16.0 Å². The van der Waals surface area contributed by atoms with Crippen molar-refractivity contribution in [3.8, 4) is 0 Å². The number of nitrogens with two attached hydrogens (primary N) is 1. The second-order valence-corrected chi connectivity index (χ2v) is 7.88. The number of hydrazine groups is 1. The lowest BCUT2D eigenvalue weighted by Gasteiger charge is -2.28. The molecule has 2 bridgehead atoms. The van der Waals surface area contributed by atoms with E-state index < -0.39 is 10.0 Å². The summed E-state index contributed by atoms with van der Waals surface area (Å²) in [5.74, 6) is 7.27. The molecule has 4 unspecified atom stereocenters. The summed E-state index contributed by atoms with van der Waals surface area (Å²) < 4.78 is 27.8. The zero-order valence-electron chi connectivity index (χ0n) is 12.1. The van der Waals surface area contributed by atoms with Crippen LogP contribution in [0.2, 0.25) is 0 Å². The molecular formula is C14H22N4O2S. The third-order valence-electron chi connectivity index (χ3n) is 4.96. The van der Waals surface area contributed by atoms with Crippen LogP contribution in [-0.2, 0) is 10.0 Å². The number of rotatable bonds is 5. The summed E-state index contributed by atoms with van der Waals surface area (Å²) in [4.78, 5) is 3.96. The molecule has 2 saturated carbocycles. The Balaban J connectivity index is 1.77. The molecule has 2 aliphatic rings. The summed E-state index contributed by atoms with van der Waals surface area (Å²) in [5.41, 5.74) is 2.70. The predicted molar refractivity (Wildman–Crippen MR) is 80.8 cm³/mol. The van der Waals surface area contributed by atoms with Crippen molar-refractivity contribution in [2.45, 2.75) is 43.7 Å². The quantitative estimate of drug-likeness (QED) is 0.565. The van der Waals surface area contributed by atoms with E-state index in [0.29, 0.717) is 17.5 Å². The van der Waals surface area contributed by atoms with E-state index in [1.54, 1.807) is 12.1 Å². The number of hydrogen-bond donors (Lipinski definition) is 3. The number of nitrogens with one attached hydrogen (secondary N) is 2. The van der Waals surface area contributed by atoms with Gasteiger partial charge in [0.1, 0.15) is 0 Å². The number of nitrogen functional groups attached to an aromatic ring is 1. The second kappa shape index (κ2) is 5.55. The minimum absolute atomic E-state index is 0.0393. The summed E-state index contributed by atoms with van der Waals surface area (Å²) in [6.45, 7) is 1.96. The summed E-state index contributed by atoms with van der Waals surface area (Å²) >= 11 is 0. The minimum atomic E-state index is -3.66. The number of anilines is 1. The molecule has 116 valence electrons. The van der Waals surface area contributed by atoms with Gasteiger partial charge in [-0.25, -0.2) is 18.1 Å². The number of sulfonamides is 1. The van der Waals surface area contributed by atoms with Gasteiger partial charge in [-0.1, -0.05) is 6.42 Å². The molecule has 0 aliphatic heterocycles. The number of hydrogen-bond acceptors (Lipinski definition) is 5. The molecule has 7 heteroatoms. The molecule has 3 rings (SSSR count). The first-order valence-electron chi connectivity index (χ1n) is 7.45. The topological polar surface area (TPSA) is 97.1 Å². The molecule has 2 fully saturated rings. The van der Waals surface area contributed by atoms with Crippen molar-refractivity contribution in [3.63, 3.8) is 0 Å². The first-order chi connectivity index (χ1) is 10.0. The maximum atomic E-state index is 12.5. The molecule has 0 aromatic carbocycles. The van der Waals surface area contributed by atoms with Gasteiger partial charge in [0, 0.05) is 12.2 Å². The highest BCUT2D eigenvalue weighted by atomic mass is 32.2. The van der Waals surface area contributed by atoms with E-state index in [2.05, 4.69) is 15.1 Å². The molecule has 0 amide bonds. The fraction of sp³-hybridized carbons (Fsp3) is 0.643. The lowest BCUT2D eigenvalue weighted by molar-refractivity contribution is 0.280. The smallest absolute Gasteiger partial charge is 0.260 e. The van der Waals surface area contributed by atoms with Crippen molar-refractivity contribution >= 4 is 15.7 Å². The lowest BCUT2D eigenvalue weighted by Crippen LogP contribution is -2.40. The molecule has 1 aromatic heterocycles. The Labute approximate surface area is 125 Å². The Bertz CT molecular complexity index is 619. The average molecular weight is 310 g/mol. The lowest BCUT2D eigenvalue weighted by atomic mass is 9.84. The molecule has 0 radical (unpaired) electrons. The monoisotopic (exact) mass is 310 g/mol. The predicted octanol–water partition coefficient (Wildman–Crippen LogP) is 1.47. The number of aromatic nitrogens is 1. The molecule has 1 aromatic rings. The van der Waals surface area contributed by atoms with Gasteiger partial charge < -0.3 is 5.43 Å². The summed E-state index contributed by atoms with van der Waals surface area (Å²) in [6.07, 6.45) is 6.40. The standard InChI is InChI=1S/C14H22N4O2S/c1-9(12-8-10-4-5-11(12)7-10)18-21(19,20)14-13(17-15)3-2-6-16-14/h2-3,6,9-12,17-18H,4-5,7-8,15H2,1H3. The summed E-state index contributed by atoms with van der Waals surface area (Å²) in [6, 6.07) is 3.18. The summed E-state index contributed by atoms with van der Waals surface area (Å²) in [7, 11) is -3.66. The average Bonchev–Trinajstić information content (AvgIpc) is 3.09. The van der Waals surface area contributed by atoms with E-state index >= 15 is 0 Å². The van der Waals surface area contributed by atoms with E-state index in [1.165, 1.54) is 25.5 Å². The van der Waals surface area contributed by atoms with Gasteiger partial charge >= 0.3 is 0 Å². The fourth-order valence-electron chi connectivity index (χ4n) is 4.01. The van der Waals surface area contributed by atoms with Crippen molar-refractivity contribution in [3.05, 3.63) is 18.3 Å². The van der Waals surface area contributed by atoms with Gasteiger partial charge in [-0.15, -0.1) is 0 Å². The Morgan fingerprint density at radius 2 is 2.19 bits per heavy atom. The van der Waals surface area contributed by atoms with E-state index in [1.807, 2.05) is 6.92 Å². The Morgan fingerprint density at radius 1 is 1.38 bits per heavy atom. The van der Waals surface area contributed by atoms with Gasteiger partial charge in [-0.3, -0.25) is 5.84 Å². The highest BCUT2D eigenvalue weighted by Gasteiger charge is 2.42. The van der Waals surface area contributed by atoms with Gasteiger partial charge in [0.15, 0.2) is 5.03 Å². The van der Waals surface area contributed by atoms with Gasteiger partial charge in [0.25, 0.3) is 10.0 Å². The maximum absolute atomic E-state index is 12.5. The van der Waals surface area contributed by atoms with Gasteiger partial charge in [0.05, 0.1) is 5.69 Å². The fourth-order valence-corrected chi connectivity index (χ4v) is 5.40. The molecule has 0 saturated heterocycles. The van der Waals surface area contributed by atoms with Crippen LogP contribution in [-0.4, -0.2) is 19.4 Å². The van der Waals surface area contributed by atoms with Crippen molar-refractivity contribution in [1.82, 2.24) is 9.71 Å². The van der Waals surface area contributed by atoms with E-state index in [4.69, 9.17) is 5.84 Å². The van der Waals surface area contributed by atoms with E-state index in [0.717, 1.165) is 12.3 Å². The van der Waals surface area contributed by atoms with E-state index in [-0.39, 0.29) is 11.1 Å². The van der Waals surface area contributed by atoms with Crippen molar-refractivity contribution in [2.75, 3.05) is 5.43 Å². The van der Waals surface area contributed by atoms with Crippen LogP contribution in [0.3, 0.4) is 0 Å². The number of nitrogens with zero attached hydrogens (tertiary/aromatic N) is 1. The van der Waals surface area contributed by atoms with Crippen LogP contribution in [0, 0.1) is 17.8 Å². The first kappa shape index (κ1) is 14.7. The minimum Gasteiger partial charge on any atom is -0.321 e. The van der Waals surface area contributed by atoms with Crippen LogP contribution in [0.4, 0.5) is 5.69 Å².